The lowest BCUT2D eigenvalue weighted by molar-refractivity contribution is -0.116. The number of nitrogens with one attached hydrogen (secondary N) is 1. The van der Waals surface area contributed by atoms with Crippen molar-refractivity contribution in [3.05, 3.63) is 77.6 Å². The van der Waals surface area contributed by atoms with E-state index in [9.17, 15) is 22.8 Å². The third-order valence-electron chi connectivity index (χ3n) is 4.44. The predicted molar refractivity (Wildman–Crippen MR) is 105 cm³/mol. The molecular formula is C22H19F3N2O2. The van der Waals surface area contributed by atoms with E-state index < -0.39 is 29.0 Å². The molecule has 7 heteroatoms. The van der Waals surface area contributed by atoms with Gasteiger partial charge in [-0.25, -0.2) is 13.2 Å². The van der Waals surface area contributed by atoms with Gasteiger partial charge in [0.1, 0.15) is 6.54 Å². The maximum Gasteiger partial charge on any atom is 0.254 e. The molecule has 0 fully saturated rings. The van der Waals surface area contributed by atoms with Crippen molar-refractivity contribution in [1.29, 1.82) is 0 Å². The number of rotatable bonds is 6. The molecule has 0 heterocycles. The molecule has 3 aromatic rings. The molecule has 1 N–H and O–H groups in total. The second-order valence-corrected chi connectivity index (χ2v) is 6.52. The van der Waals surface area contributed by atoms with E-state index in [1.165, 1.54) is 4.90 Å². The van der Waals surface area contributed by atoms with Gasteiger partial charge >= 0.3 is 0 Å². The Hall–Kier alpha value is -3.35. The fraction of sp³-hybridized carbons (Fsp3) is 0.182. The topological polar surface area (TPSA) is 49.4 Å². The SMILES string of the molecule is CCCN(CC(=O)Nc1ccc(F)c(F)c1F)C(=O)c1cccc2ccccc12. The highest BCUT2D eigenvalue weighted by atomic mass is 19.2. The average molecular weight is 400 g/mol. The molecule has 0 aliphatic heterocycles. The van der Waals surface area contributed by atoms with Crippen molar-refractivity contribution < 1.29 is 22.8 Å². The summed E-state index contributed by atoms with van der Waals surface area (Å²) < 4.78 is 40.2. The van der Waals surface area contributed by atoms with Gasteiger partial charge in [-0.2, -0.15) is 0 Å². The second kappa shape index (κ2) is 8.77. The van der Waals surface area contributed by atoms with Gasteiger partial charge in [0.2, 0.25) is 5.91 Å². The molecule has 150 valence electrons. The number of halogens is 3. The van der Waals surface area contributed by atoms with Crippen LogP contribution in [0.1, 0.15) is 23.7 Å². The molecule has 0 radical (unpaired) electrons. The third kappa shape index (κ3) is 4.39. The van der Waals surface area contributed by atoms with Crippen molar-refractivity contribution in [2.75, 3.05) is 18.4 Å². The summed E-state index contributed by atoms with van der Waals surface area (Å²) in [5, 5.41) is 3.85. The summed E-state index contributed by atoms with van der Waals surface area (Å²) in [5.74, 6) is -5.55. The van der Waals surface area contributed by atoms with E-state index in [1.54, 1.807) is 12.1 Å². The molecular weight excluding hydrogens is 381 g/mol. The summed E-state index contributed by atoms with van der Waals surface area (Å²) in [6.07, 6.45) is 0.601. The number of nitrogens with zero attached hydrogens (tertiary/aromatic N) is 1. The first-order chi connectivity index (χ1) is 13.9. The minimum absolute atomic E-state index is 0.301. The van der Waals surface area contributed by atoms with Gasteiger partial charge in [0.15, 0.2) is 17.5 Å². The number of carbonyl (C=O) groups excluding carboxylic acids is 2. The Labute approximate surface area is 165 Å². The summed E-state index contributed by atoms with van der Waals surface area (Å²) in [4.78, 5) is 26.8. The van der Waals surface area contributed by atoms with Crippen molar-refractivity contribution in [1.82, 2.24) is 4.90 Å². The number of fused-ring (bicyclic) bond motifs is 1. The smallest absolute Gasteiger partial charge is 0.254 e. The van der Waals surface area contributed by atoms with Gasteiger partial charge in [-0.15, -0.1) is 0 Å². The lowest BCUT2D eigenvalue weighted by Crippen LogP contribution is -2.38. The Bertz CT molecular complexity index is 1060. The van der Waals surface area contributed by atoms with Gasteiger partial charge in [0, 0.05) is 12.1 Å². The van der Waals surface area contributed by atoms with Crippen molar-refractivity contribution in [2.24, 2.45) is 0 Å². The maximum absolute atomic E-state index is 13.8. The van der Waals surface area contributed by atoms with E-state index in [0.29, 0.717) is 18.5 Å². The number of benzene rings is 3. The monoisotopic (exact) mass is 400 g/mol. The molecule has 3 aromatic carbocycles. The Morgan fingerprint density at radius 1 is 0.931 bits per heavy atom. The van der Waals surface area contributed by atoms with Gasteiger partial charge in [-0.05, 0) is 35.4 Å². The van der Waals surface area contributed by atoms with E-state index in [1.807, 2.05) is 37.3 Å². The Morgan fingerprint density at radius 2 is 1.66 bits per heavy atom. The first kappa shape index (κ1) is 20.4. The van der Waals surface area contributed by atoms with Crippen LogP contribution in [0.3, 0.4) is 0 Å². The minimum Gasteiger partial charge on any atom is -0.329 e. The summed E-state index contributed by atoms with van der Waals surface area (Å²) >= 11 is 0. The maximum atomic E-state index is 13.8. The minimum atomic E-state index is -1.67. The molecule has 0 aliphatic carbocycles. The molecule has 0 aromatic heterocycles. The third-order valence-corrected chi connectivity index (χ3v) is 4.44. The van der Waals surface area contributed by atoms with Gasteiger partial charge in [0.05, 0.1) is 5.69 Å². The summed E-state index contributed by atoms with van der Waals surface area (Å²) in [7, 11) is 0. The fourth-order valence-corrected chi connectivity index (χ4v) is 3.09. The first-order valence-corrected chi connectivity index (χ1v) is 9.12. The van der Waals surface area contributed by atoms with Crippen molar-refractivity contribution in [3.8, 4) is 0 Å². The molecule has 2 amide bonds. The van der Waals surface area contributed by atoms with Crippen LogP contribution in [0.4, 0.5) is 18.9 Å². The molecule has 3 rings (SSSR count). The van der Waals surface area contributed by atoms with Crippen LogP contribution in [-0.4, -0.2) is 29.8 Å². The van der Waals surface area contributed by atoms with Crippen LogP contribution in [0, 0.1) is 17.5 Å². The molecule has 0 unspecified atom stereocenters. The highest BCUT2D eigenvalue weighted by Gasteiger charge is 2.21. The molecule has 0 bridgehead atoms. The Kier molecular flexibility index (Phi) is 6.16. The summed E-state index contributed by atoms with van der Waals surface area (Å²) in [6, 6.07) is 14.4. The van der Waals surface area contributed by atoms with Gasteiger partial charge in [-0.3, -0.25) is 9.59 Å². The predicted octanol–water partition coefficient (Wildman–Crippen LogP) is 4.75. The highest BCUT2D eigenvalue weighted by Crippen LogP contribution is 2.21. The number of anilines is 1. The molecule has 29 heavy (non-hydrogen) atoms. The van der Waals surface area contributed by atoms with E-state index in [4.69, 9.17) is 0 Å². The lowest BCUT2D eigenvalue weighted by atomic mass is 10.0. The van der Waals surface area contributed by atoms with Crippen molar-refractivity contribution in [2.45, 2.75) is 13.3 Å². The normalized spacial score (nSPS) is 10.8. The standard InChI is InChI=1S/C22H19F3N2O2/c1-2-12-27(13-19(28)26-18-11-10-17(23)20(24)21(18)25)22(29)16-9-5-7-14-6-3-4-8-15(14)16/h3-11H,2,12-13H2,1H3,(H,26,28). The molecule has 0 aliphatic rings. The van der Waals surface area contributed by atoms with Crippen molar-refractivity contribution >= 4 is 28.3 Å². The number of amides is 2. The second-order valence-electron chi connectivity index (χ2n) is 6.52. The highest BCUT2D eigenvalue weighted by molar-refractivity contribution is 6.08. The van der Waals surface area contributed by atoms with Gasteiger partial charge < -0.3 is 10.2 Å². The molecule has 4 nitrogen and oxygen atoms in total. The zero-order valence-corrected chi connectivity index (χ0v) is 15.7. The summed E-state index contributed by atoms with van der Waals surface area (Å²) in [5.41, 5.74) is -0.0358. The molecule has 0 atom stereocenters. The number of hydrogen-bond donors (Lipinski definition) is 1. The molecule has 0 saturated carbocycles. The zero-order chi connectivity index (χ0) is 21.0. The largest absolute Gasteiger partial charge is 0.329 e. The quantitative estimate of drug-likeness (QED) is 0.607. The van der Waals surface area contributed by atoms with Gasteiger partial charge in [-0.1, -0.05) is 43.3 Å². The van der Waals surface area contributed by atoms with E-state index in [2.05, 4.69) is 5.32 Å². The zero-order valence-electron chi connectivity index (χ0n) is 15.7. The van der Waals surface area contributed by atoms with Crippen LogP contribution >= 0.6 is 0 Å². The number of hydrogen-bond acceptors (Lipinski definition) is 2. The van der Waals surface area contributed by atoms with Crippen LogP contribution in [0.15, 0.2) is 54.6 Å². The van der Waals surface area contributed by atoms with Gasteiger partial charge in [0.25, 0.3) is 5.91 Å². The van der Waals surface area contributed by atoms with E-state index >= 15 is 0 Å². The first-order valence-electron chi connectivity index (χ1n) is 9.12. The Balaban J connectivity index is 1.82. The van der Waals surface area contributed by atoms with Crippen LogP contribution in [-0.2, 0) is 4.79 Å². The number of carbonyl (C=O) groups is 2. The van der Waals surface area contributed by atoms with Crippen LogP contribution in [0.5, 0.6) is 0 Å². The fourth-order valence-electron chi connectivity index (χ4n) is 3.09. The van der Waals surface area contributed by atoms with Crippen LogP contribution in [0.25, 0.3) is 10.8 Å². The Morgan fingerprint density at radius 3 is 2.41 bits per heavy atom. The molecule has 0 spiro atoms. The average Bonchev–Trinajstić information content (AvgIpc) is 2.73. The van der Waals surface area contributed by atoms with Crippen molar-refractivity contribution in [3.63, 3.8) is 0 Å². The lowest BCUT2D eigenvalue weighted by Gasteiger charge is -2.22. The van der Waals surface area contributed by atoms with Crippen LogP contribution < -0.4 is 5.32 Å². The van der Waals surface area contributed by atoms with E-state index in [-0.39, 0.29) is 12.5 Å². The van der Waals surface area contributed by atoms with E-state index in [0.717, 1.165) is 22.9 Å². The van der Waals surface area contributed by atoms with Crippen LogP contribution in [0.2, 0.25) is 0 Å². The molecule has 0 saturated heterocycles. The summed E-state index contributed by atoms with van der Waals surface area (Å²) in [6.45, 7) is 1.81.